The Labute approximate surface area is 213 Å². The molecular weight excluding hydrogens is 460 g/mol. The molecule has 0 saturated heterocycles. The minimum absolute atomic E-state index is 0.0486. The zero-order chi connectivity index (χ0) is 24.5. The van der Waals surface area contributed by atoms with Crippen molar-refractivity contribution >= 4 is 23.4 Å². The molecule has 2 amide bonds. The quantitative estimate of drug-likeness (QED) is 0.554. The Morgan fingerprint density at radius 3 is 2.57 bits per heavy atom. The average molecular weight is 495 g/mol. The van der Waals surface area contributed by atoms with Crippen LogP contribution in [0.1, 0.15) is 87.6 Å². The number of hydrogen-bond donors (Lipinski definition) is 1. The highest BCUT2D eigenvalue weighted by molar-refractivity contribution is 6.30. The van der Waals surface area contributed by atoms with Gasteiger partial charge in [-0.05, 0) is 67.3 Å². The lowest BCUT2D eigenvalue weighted by molar-refractivity contribution is -0.150. The summed E-state index contributed by atoms with van der Waals surface area (Å²) in [7, 11) is 0. The fourth-order valence-electron chi connectivity index (χ4n) is 6.02. The maximum Gasteiger partial charge on any atom is 0.265 e. The Kier molecular flexibility index (Phi) is 7.06. The van der Waals surface area contributed by atoms with E-state index in [1.54, 1.807) is 18.2 Å². The van der Waals surface area contributed by atoms with E-state index in [4.69, 9.17) is 16.3 Å². The SMILES string of the molecule is CC(C)C1Oc2ccc(Cl)cc2C(C(=O)NC2CCCCC2)N(C2CCCc3ccccc32)C1=O. The van der Waals surface area contributed by atoms with Crippen molar-refractivity contribution in [2.24, 2.45) is 5.92 Å². The molecule has 0 bridgehead atoms. The zero-order valence-electron chi connectivity index (χ0n) is 20.6. The highest BCUT2D eigenvalue weighted by atomic mass is 35.5. The number of ether oxygens (including phenoxy) is 1. The largest absolute Gasteiger partial charge is 0.480 e. The second kappa shape index (κ2) is 10.2. The topological polar surface area (TPSA) is 58.6 Å². The van der Waals surface area contributed by atoms with Crippen molar-refractivity contribution in [1.82, 2.24) is 10.2 Å². The summed E-state index contributed by atoms with van der Waals surface area (Å²) in [5.41, 5.74) is 3.06. The number of benzene rings is 2. The standard InChI is InChI=1S/C29H35ClN2O3/c1-18(2)27-29(34)32(24-14-8-10-19-9-6-7-13-22(19)24)26(23-17-20(30)15-16-25(23)35-27)28(33)31-21-11-4-3-5-12-21/h6-7,9,13,15-18,21,24,26-27H,3-5,8,10-12,14H2,1-2H3,(H,31,33). The van der Waals surface area contributed by atoms with Gasteiger partial charge in [-0.2, -0.15) is 0 Å². The maximum absolute atomic E-state index is 14.2. The number of amides is 2. The van der Waals surface area contributed by atoms with Crippen LogP contribution in [0, 0.1) is 5.92 Å². The van der Waals surface area contributed by atoms with Crippen LogP contribution in [0.4, 0.5) is 0 Å². The highest BCUT2D eigenvalue weighted by Crippen LogP contribution is 2.45. The van der Waals surface area contributed by atoms with Crippen molar-refractivity contribution in [3.63, 3.8) is 0 Å². The first-order chi connectivity index (χ1) is 16.9. The molecule has 35 heavy (non-hydrogen) atoms. The van der Waals surface area contributed by atoms with Crippen molar-refractivity contribution < 1.29 is 14.3 Å². The van der Waals surface area contributed by atoms with Gasteiger partial charge in [-0.3, -0.25) is 9.59 Å². The average Bonchev–Trinajstić information content (AvgIpc) is 2.98. The van der Waals surface area contributed by atoms with E-state index >= 15 is 0 Å². The number of fused-ring (bicyclic) bond motifs is 2. The number of aryl methyl sites for hydroxylation is 1. The lowest BCUT2D eigenvalue weighted by Gasteiger charge is -2.41. The van der Waals surface area contributed by atoms with Crippen LogP contribution in [0.5, 0.6) is 5.75 Å². The predicted molar refractivity (Wildman–Crippen MR) is 137 cm³/mol. The molecule has 0 spiro atoms. The minimum Gasteiger partial charge on any atom is -0.480 e. The summed E-state index contributed by atoms with van der Waals surface area (Å²) in [6.45, 7) is 3.99. The molecule has 3 aliphatic rings. The molecule has 1 N–H and O–H groups in total. The first-order valence-electron chi connectivity index (χ1n) is 13.1. The fourth-order valence-corrected chi connectivity index (χ4v) is 6.20. The molecule has 6 heteroatoms. The van der Waals surface area contributed by atoms with Crippen LogP contribution in [0.15, 0.2) is 42.5 Å². The Morgan fingerprint density at radius 2 is 1.80 bits per heavy atom. The van der Waals surface area contributed by atoms with Crippen LogP contribution in [0.25, 0.3) is 0 Å². The van der Waals surface area contributed by atoms with Crippen LogP contribution in [-0.2, 0) is 16.0 Å². The van der Waals surface area contributed by atoms with Crippen LogP contribution < -0.4 is 10.1 Å². The minimum atomic E-state index is -0.793. The van der Waals surface area contributed by atoms with E-state index < -0.39 is 12.1 Å². The Hall–Kier alpha value is -2.53. The zero-order valence-corrected chi connectivity index (χ0v) is 21.4. The van der Waals surface area contributed by atoms with Gasteiger partial charge in [0.2, 0.25) is 5.91 Å². The molecule has 186 valence electrons. The van der Waals surface area contributed by atoms with Gasteiger partial charge in [-0.1, -0.05) is 69.0 Å². The van der Waals surface area contributed by atoms with Gasteiger partial charge in [0.25, 0.3) is 5.91 Å². The van der Waals surface area contributed by atoms with E-state index in [1.807, 2.05) is 30.9 Å². The molecule has 2 aromatic carbocycles. The van der Waals surface area contributed by atoms with Gasteiger partial charge < -0.3 is 15.0 Å². The van der Waals surface area contributed by atoms with Gasteiger partial charge in [-0.15, -0.1) is 0 Å². The summed E-state index contributed by atoms with van der Waals surface area (Å²) in [5, 5.41) is 3.83. The monoisotopic (exact) mass is 494 g/mol. The number of rotatable bonds is 4. The number of hydrogen-bond acceptors (Lipinski definition) is 3. The van der Waals surface area contributed by atoms with Crippen LogP contribution >= 0.6 is 11.6 Å². The first kappa shape index (κ1) is 24.2. The lowest BCUT2D eigenvalue weighted by atomic mass is 9.85. The summed E-state index contributed by atoms with van der Waals surface area (Å²) < 4.78 is 6.34. The van der Waals surface area contributed by atoms with E-state index in [0.29, 0.717) is 16.3 Å². The molecule has 1 aliphatic heterocycles. The lowest BCUT2D eigenvalue weighted by Crippen LogP contribution is -2.51. The van der Waals surface area contributed by atoms with Gasteiger partial charge in [-0.25, -0.2) is 0 Å². The van der Waals surface area contributed by atoms with Crippen LogP contribution in [0.2, 0.25) is 5.02 Å². The smallest absolute Gasteiger partial charge is 0.265 e. The van der Waals surface area contributed by atoms with E-state index in [1.165, 1.54) is 12.0 Å². The van der Waals surface area contributed by atoms with Crippen molar-refractivity contribution in [3.05, 3.63) is 64.2 Å². The van der Waals surface area contributed by atoms with Crippen molar-refractivity contribution in [1.29, 1.82) is 0 Å². The third-order valence-electron chi connectivity index (χ3n) is 7.78. The Morgan fingerprint density at radius 1 is 1.03 bits per heavy atom. The van der Waals surface area contributed by atoms with E-state index in [0.717, 1.165) is 50.5 Å². The van der Waals surface area contributed by atoms with Crippen LogP contribution in [0.3, 0.4) is 0 Å². The van der Waals surface area contributed by atoms with Gasteiger partial charge in [0.15, 0.2) is 6.10 Å². The number of carbonyl (C=O) groups is 2. The summed E-state index contributed by atoms with van der Waals surface area (Å²) in [5.74, 6) is 0.256. The molecule has 5 nitrogen and oxygen atoms in total. The first-order valence-corrected chi connectivity index (χ1v) is 13.5. The molecule has 0 aromatic heterocycles. The molecule has 2 aliphatic carbocycles. The molecule has 3 atom stereocenters. The molecular formula is C29H35ClN2O3. The van der Waals surface area contributed by atoms with E-state index in [-0.39, 0.29) is 29.8 Å². The Bertz CT molecular complexity index is 1100. The summed E-state index contributed by atoms with van der Waals surface area (Å²) >= 11 is 6.45. The van der Waals surface area contributed by atoms with Gasteiger partial charge in [0.05, 0.1) is 6.04 Å². The highest BCUT2D eigenvalue weighted by Gasteiger charge is 2.46. The second-order valence-corrected chi connectivity index (χ2v) is 11.0. The molecule has 2 aromatic rings. The summed E-state index contributed by atoms with van der Waals surface area (Å²) in [6.07, 6.45) is 7.51. The molecule has 1 saturated carbocycles. The molecule has 5 rings (SSSR count). The predicted octanol–water partition coefficient (Wildman–Crippen LogP) is 6.15. The number of carbonyl (C=O) groups excluding carboxylic acids is 2. The number of nitrogens with zero attached hydrogens (tertiary/aromatic N) is 1. The molecule has 1 heterocycles. The van der Waals surface area contributed by atoms with Crippen molar-refractivity contribution in [2.45, 2.75) is 89.4 Å². The van der Waals surface area contributed by atoms with E-state index in [9.17, 15) is 9.59 Å². The number of halogens is 1. The molecule has 0 radical (unpaired) electrons. The van der Waals surface area contributed by atoms with Gasteiger partial charge in [0.1, 0.15) is 11.8 Å². The normalized spacial score (nSPS) is 24.9. The fraction of sp³-hybridized carbons (Fsp3) is 0.517. The van der Waals surface area contributed by atoms with Gasteiger partial charge >= 0.3 is 0 Å². The molecule has 1 fully saturated rings. The third-order valence-corrected chi connectivity index (χ3v) is 8.01. The Balaban J connectivity index is 1.64. The van der Waals surface area contributed by atoms with E-state index in [2.05, 4.69) is 17.4 Å². The van der Waals surface area contributed by atoms with Gasteiger partial charge in [0, 0.05) is 16.6 Å². The number of nitrogens with one attached hydrogen (secondary N) is 1. The molecule has 3 unspecified atom stereocenters. The maximum atomic E-state index is 14.2. The van der Waals surface area contributed by atoms with Crippen LogP contribution in [-0.4, -0.2) is 28.9 Å². The summed E-state index contributed by atoms with van der Waals surface area (Å²) in [4.78, 5) is 30.2. The van der Waals surface area contributed by atoms with Crippen molar-refractivity contribution in [3.8, 4) is 5.75 Å². The third kappa shape index (κ3) is 4.80. The van der Waals surface area contributed by atoms with Crippen molar-refractivity contribution in [2.75, 3.05) is 0 Å². The second-order valence-electron chi connectivity index (χ2n) is 10.6. The summed E-state index contributed by atoms with van der Waals surface area (Å²) in [6, 6.07) is 12.9.